The van der Waals surface area contributed by atoms with Gasteiger partial charge in [-0.1, -0.05) is 12.1 Å². The molecule has 96 valence electrons. The predicted octanol–water partition coefficient (Wildman–Crippen LogP) is 3.05. The van der Waals surface area contributed by atoms with Gasteiger partial charge in [0.25, 0.3) is 0 Å². The maximum absolute atomic E-state index is 5.75. The molecule has 0 spiro atoms. The van der Waals surface area contributed by atoms with Crippen LogP contribution in [0, 0.1) is 0 Å². The van der Waals surface area contributed by atoms with Gasteiger partial charge in [-0.3, -0.25) is 0 Å². The van der Waals surface area contributed by atoms with Crippen molar-refractivity contribution in [1.29, 1.82) is 0 Å². The molecule has 0 aliphatic carbocycles. The summed E-state index contributed by atoms with van der Waals surface area (Å²) in [5, 5.41) is 0. The third kappa shape index (κ3) is 2.64. The van der Waals surface area contributed by atoms with Crippen molar-refractivity contribution in [3.63, 3.8) is 0 Å². The number of nitrogens with zero attached hydrogens (tertiary/aromatic N) is 2. The SMILES string of the molecule is COc1ccccc1OCc1nccn1C(C)C. The van der Waals surface area contributed by atoms with Gasteiger partial charge >= 0.3 is 0 Å². The van der Waals surface area contributed by atoms with Crippen molar-refractivity contribution in [2.75, 3.05) is 7.11 Å². The average Bonchev–Trinajstić information content (AvgIpc) is 2.85. The van der Waals surface area contributed by atoms with Gasteiger partial charge < -0.3 is 14.0 Å². The lowest BCUT2D eigenvalue weighted by Crippen LogP contribution is -2.08. The molecule has 1 aromatic carbocycles. The van der Waals surface area contributed by atoms with E-state index < -0.39 is 0 Å². The fourth-order valence-electron chi connectivity index (χ4n) is 1.81. The number of hydrogen-bond donors (Lipinski definition) is 0. The number of methoxy groups -OCH3 is 1. The topological polar surface area (TPSA) is 36.3 Å². The Bertz CT molecular complexity index is 506. The van der Waals surface area contributed by atoms with E-state index in [4.69, 9.17) is 9.47 Å². The van der Waals surface area contributed by atoms with E-state index in [1.165, 1.54) is 0 Å². The Morgan fingerprint density at radius 2 is 1.94 bits per heavy atom. The van der Waals surface area contributed by atoms with Crippen molar-refractivity contribution in [2.24, 2.45) is 0 Å². The molecule has 0 unspecified atom stereocenters. The van der Waals surface area contributed by atoms with E-state index in [1.807, 2.05) is 30.5 Å². The fourth-order valence-corrected chi connectivity index (χ4v) is 1.81. The monoisotopic (exact) mass is 246 g/mol. The van der Waals surface area contributed by atoms with Gasteiger partial charge in [-0.05, 0) is 26.0 Å². The first kappa shape index (κ1) is 12.5. The fraction of sp³-hybridized carbons (Fsp3) is 0.357. The molecule has 0 N–H and O–H groups in total. The highest BCUT2D eigenvalue weighted by atomic mass is 16.5. The van der Waals surface area contributed by atoms with Gasteiger partial charge in [0.1, 0.15) is 12.4 Å². The minimum absolute atomic E-state index is 0.378. The maximum atomic E-state index is 5.75. The molecule has 2 aromatic rings. The van der Waals surface area contributed by atoms with Crippen molar-refractivity contribution in [3.8, 4) is 11.5 Å². The van der Waals surface area contributed by atoms with Crippen LogP contribution in [-0.2, 0) is 6.61 Å². The van der Waals surface area contributed by atoms with Crippen LogP contribution in [-0.4, -0.2) is 16.7 Å². The first-order valence-electron chi connectivity index (χ1n) is 6.00. The predicted molar refractivity (Wildman–Crippen MR) is 69.9 cm³/mol. The summed E-state index contributed by atoms with van der Waals surface area (Å²) in [6.45, 7) is 4.67. The largest absolute Gasteiger partial charge is 0.493 e. The van der Waals surface area contributed by atoms with E-state index in [9.17, 15) is 0 Å². The standard InChI is InChI=1S/C14H18N2O2/c1-11(2)16-9-8-15-14(16)10-18-13-7-5-4-6-12(13)17-3/h4-9,11H,10H2,1-3H3. The van der Waals surface area contributed by atoms with Crippen molar-refractivity contribution in [2.45, 2.75) is 26.5 Å². The highest BCUT2D eigenvalue weighted by molar-refractivity contribution is 5.39. The molecule has 0 amide bonds. The average molecular weight is 246 g/mol. The lowest BCUT2D eigenvalue weighted by Gasteiger charge is -2.13. The first-order chi connectivity index (χ1) is 8.72. The highest BCUT2D eigenvalue weighted by Crippen LogP contribution is 2.26. The Morgan fingerprint density at radius 1 is 1.22 bits per heavy atom. The molecule has 4 nitrogen and oxygen atoms in total. The Hall–Kier alpha value is -1.97. The van der Waals surface area contributed by atoms with Gasteiger partial charge in [-0.15, -0.1) is 0 Å². The van der Waals surface area contributed by atoms with Crippen molar-refractivity contribution in [3.05, 3.63) is 42.5 Å². The van der Waals surface area contributed by atoms with Crippen LogP contribution in [0.25, 0.3) is 0 Å². The van der Waals surface area contributed by atoms with Crippen LogP contribution in [0.15, 0.2) is 36.7 Å². The zero-order valence-electron chi connectivity index (χ0n) is 11.0. The number of rotatable bonds is 5. The van der Waals surface area contributed by atoms with E-state index in [1.54, 1.807) is 13.3 Å². The first-order valence-corrected chi connectivity index (χ1v) is 6.00. The summed E-state index contributed by atoms with van der Waals surface area (Å²) in [5.74, 6) is 2.38. The Labute approximate surface area is 107 Å². The second kappa shape index (κ2) is 5.58. The zero-order valence-corrected chi connectivity index (χ0v) is 11.0. The highest BCUT2D eigenvalue weighted by Gasteiger charge is 2.08. The summed E-state index contributed by atoms with van der Waals surface area (Å²) in [6.07, 6.45) is 3.76. The number of ether oxygens (including phenoxy) is 2. The third-order valence-corrected chi connectivity index (χ3v) is 2.73. The Balaban J connectivity index is 2.09. The number of benzene rings is 1. The van der Waals surface area contributed by atoms with Crippen LogP contribution < -0.4 is 9.47 Å². The van der Waals surface area contributed by atoms with Gasteiger partial charge in [0, 0.05) is 18.4 Å². The molecule has 0 aliphatic heterocycles. The molecule has 0 saturated heterocycles. The summed E-state index contributed by atoms with van der Waals surface area (Å²) >= 11 is 0. The maximum Gasteiger partial charge on any atom is 0.161 e. The van der Waals surface area contributed by atoms with E-state index in [0.29, 0.717) is 12.6 Å². The van der Waals surface area contributed by atoms with Crippen LogP contribution in [0.1, 0.15) is 25.7 Å². The van der Waals surface area contributed by atoms with Crippen LogP contribution in [0.2, 0.25) is 0 Å². The molecular formula is C14H18N2O2. The van der Waals surface area contributed by atoms with Gasteiger partial charge in [0.05, 0.1) is 7.11 Å². The van der Waals surface area contributed by atoms with Crippen LogP contribution in [0.4, 0.5) is 0 Å². The number of hydrogen-bond acceptors (Lipinski definition) is 3. The van der Waals surface area contributed by atoms with Gasteiger partial charge in [-0.25, -0.2) is 4.98 Å². The molecule has 4 heteroatoms. The molecular weight excluding hydrogens is 228 g/mol. The van der Waals surface area contributed by atoms with E-state index >= 15 is 0 Å². The molecule has 2 rings (SSSR count). The minimum atomic E-state index is 0.378. The second-order valence-electron chi connectivity index (χ2n) is 4.28. The summed E-state index contributed by atoms with van der Waals surface area (Å²) in [6, 6.07) is 7.99. The molecule has 0 bridgehead atoms. The van der Waals surface area contributed by atoms with Crippen LogP contribution >= 0.6 is 0 Å². The summed E-state index contributed by atoms with van der Waals surface area (Å²) in [7, 11) is 1.64. The molecule has 1 heterocycles. The number of imidazole rings is 1. The Morgan fingerprint density at radius 3 is 2.61 bits per heavy atom. The van der Waals surface area contributed by atoms with E-state index in [0.717, 1.165) is 17.3 Å². The second-order valence-corrected chi connectivity index (χ2v) is 4.28. The van der Waals surface area contributed by atoms with Crippen molar-refractivity contribution >= 4 is 0 Å². The zero-order chi connectivity index (χ0) is 13.0. The molecule has 1 aromatic heterocycles. The molecule has 0 radical (unpaired) electrons. The minimum Gasteiger partial charge on any atom is -0.493 e. The van der Waals surface area contributed by atoms with Crippen molar-refractivity contribution in [1.82, 2.24) is 9.55 Å². The molecule has 0 aliphatic rings. The van der Waals surface area contributed by atoms with Gasteiger partial charge in [0.2, 0.25) is 0 Å². The van der Waals surface area contributed by atoms with Gasteiger partial charge in [-0.2, -0.15) is 0 Å². The quantitative estimate of drug-likeness (QED) is 0.813. The molecule has 0 saturated carbocycles. The summed E-state index contributed by atoms with van der Waals surface area (Å²) < 4.78 is 13.1. The number of aromatic nitrogens is 2. The van der Waals surface area contributed by atoms with Crippen LogP contribution in [0.3, 0.4) is 0 Å². The number of para-hydroxylation sites is 2. The van der Waals surface area contributed by atoms with Crippen molar-refractivity contribution < 1.29 is 9.47 Å². The lowest BCUT2D eigenvalue weighted by molar-refractivity contribution is 0.269. The smallest absolute Gasteiger partial charge is 0.161 e. The van der Waals surface area contributed by atoms with E-state index in [-0.39, 0.29) is 0 Å². The normalized spacial score (nSPS) is 10.7. The summed E-state index contributed by atoms with van der Waals surface area (Å²) in [4.78, 5) is 4.31. The molecule has 18 heavy (non-hydrogen) atoms. The van der Waals surface area contributed by atoms with Crippen LogP contribution in [0.5, 0.6) is 11.5 Å². The van der Waals surface area contributed by atoms with E-state index in [2.05, 4.69) is 23.4 Å². The molecule has 0 fully saturated rings. The summed E-state index contributed by atoms with van der Waals surface area (Å²) in [5.41, 5.74) is 0. The lowest BCUT2D eigenvalue weighted by atomic mass is 10.3. The van der Waals surface area contributed by atoms with Gasteiger partial charge in [0.15, 0.2) is 11.5 Å². The molecule has 0 atom stereocenters. The third-order valence-electron chi connectivity index (χ3n) is 2.73. The Kier molecular flexibility index (Phi) is 3.87.